The Hall–Kier alpha value is -2.10. The molecule has 0 bridgehead atoms. The third-order valence-electron chi connectivity index (χ3n) is 4.78. The average Bonchev–Trinajstić information content (AvgIpc) is 3.02. The van der Waals surface area contributed by atoms with Crippen LogP contribution in [0.15, 0.2) is 54.6 Å². The smallest absolute Gasteiger partial charge is 0.159 e. The van der Waals surface area contributed by atoms with Crippen LogP contribution in [0.25, 0.3) is 16.6 Å². The van der Waals surface area contributed by atoms with Crippen LogP contribution in [0.4, 0.5) is 5.82 Å². The Bertz CT molecular complexity index is 939. The monoisotopic (exact) mass is 368 g/mol. The first-order chi connectivity index (χ1) is 12.5. The van der Waals surface area contributed by atoms with Crippen LogP contribution in [0.3, 0.4) is 0 Å². The number of piperazine rings is 1. The summed E-state index contributed by atoms with van der Waals surface area (Å²) in [6.07, 6.45) is 0.708. The normalized spacial score (nSPS) is 16.3. The summed E-state index contributed by atoms with van der Waals surface area (Å²) in [6, 6.07) is 18.7. The number of para-hydroxylation sites is 2. The molecule has 6 heteroatoms. The fourth-order valence-electron chi connectivity index (χ4n) is 3.63. The van der Waals surface area contributed by atoms with Gasteiger partial charge in [-0.3, -0.25) is 4.90 Å². The fraction of sp³-hybridized carbons (Fsp3) is 0.350. The van der Waals surface area contributed by atoms with E-state index in [-0.39, 0.29) is 0 Å². The minimum atomic E-state index is -2.01. The van der Waals surface area contributed by atoms with Gasteiger partial charge in [-0.2, -0.15) is 0 Å². The minimum Gasteiger partial charge on any atom is -0.352 e. The molecule has 0 atom stereocenters. The lowest BCUT2D eigenvalue weighted by Crippen LogP contribution is -2.46. The number of anilines is 1. The van der Waals surface area contributed by atoms with Crippen LogP contribution < -0.4 is 4.90 Å². The Labute approximate surface area is 154 Å². The molecule has 0 unspecified atom stereocenters. The summed E-state index contributed by atoms with van der Waals surface area (Å²) in [5.74, 6) is 1.04. The van der Waals surface area contributed by atoms with Gasteiger partial charge in [-0.05, 0) is 37.6 Å². The Morgan fingerprint density at radius 1 is 0.923 bits per heavy atom. The van der Waals surface area contributed by atoms with Crippen LogP contribution in [0.1, 0.15) is 0 Å². The summed E-state index contributed by atoms with van der Waals surface area (Å²) < 4.78 is 14.1. The molecule has 136 valence electrons. The van der Waals surface area contributed by atoms with E-state index in [1.807, 2.05) is 36.2 Å². The Morgan fingerprint density at radius 2 is 1.58 bits per heavy atom. The van der Waals surface area contributed by atoms with Crippen molar-refractivity contribution in [1.29, 1.82) is 0 Å². The van der Waals surface area contributed by atoms with Crippen molar-refractivity contribution >= 4 is 23.9 Å². The minimum absolute atomic E-state index is 0.708. The quantitative estimate of drug-likeness (QED) is 0.658. The number of aromatic nitrogens is 2. The van der Waals surface area contributed by atoms with Crippen molar-refractivity contribution in [2.75, 3.05) is 50.7 Å². The van der Waals surface area contributed by atoms with Crippen LogP contribution in [-0.2, 0) is 4.57 Å². The molecular weight excluding hydrogens is 343 g/mol. The summed E-state index contributed by atoms with van der Waals surface area (Å²) in [5, 5.41) is 6.13. The van der Waals surface area contributed by atoms with Crippen molar-refractivity contribution in [2.45, 2.75) is 0 Å². The molecule has 1 fully saturated rings. The maximum absolute atomic E-state index is 12.1. The van der Waals surface area contributed by atoms with Crippen LogP contribution in [0.5, 0.6) is 0 Å². The number of hydrogen-bond acceptors (Lipinski definition) is 4. The molecule has 4 rings (SSSR count). The van der Waals surface area contributed by atoms with Gasteiger partial charge in [-0.15, -0.1) is 5.10 Å². The van der Waals surface area contributed by atoms with Crippen LogP contribution in [0, 0.1) is 0 Å². The summed E-state index contributed by atoms with van der Waals surface area (Å²) in [4.78, 5) is 4.67. The van der Waals surface area contributed by atoms with E-state index < -0.39 is 7.14 Å². The molecule has 0 spiro atoms. The largest absolute Gasteiger partial charge is 0.352 e. The Kier molecular flexibility index (Phi) is 4.60. The topological polar surface area (TPSA) is 41.4 Å². The van der Waals surface area contributed by atoms with E-state index in [9.17, 15) is 4.57 Å². The highest BCUT2D eigenvalue weighted by molar-refractivity contribution is 7.62. The van der Waals surface area contributed by atoms with Gasteiger partial charge in [0.15, 0.2) is 5.82 Å². The maximum Gasteiger partial charge on any atom is 0.159 e. The number of nitrogens with zero attached hydrogens (tertiary/aromatic N) is 4. The zero-order valence-electron chi connectivity index (χ0n) is 15.4. The second kappa shape index (κ2) is 6.90. The molecule has 0 N–H and O–H groups in total. The highest BCUT2D eigenvalue weighted by Gasteiger charge is 2.24. The number of hydrogen-bond donors (Lipinski definition) is 0. The van der Waals surface area contributed by atoms with Crippen molar-refractivity contribution in [1.82, 2.24) is 14.7 Å². The summed E-state index contributed by atoms with van der Waals surface area (Å²) in [5.41, 5.74) is 2.20. The van der Waals surface area contributed by atoms with Gasteiger partial charge in [0.2, 0.25) is 0 Å². The molecule has 2 heterocycles. The lowest BCUT2D eigenvalue weighted by molar-refractivity contribution is 0.293. The third-order valence-corrected chi connectivity index (χ3v) is 5.86. The van der Waals surface area contributed by atoms with Crippen LogP contribution in [-0.4, -0.2) is 60.5 Å². The predicted octanol–water partition coefficient (Wildman–Crippen LogP) is 3.73. The zero-order chi connectivity index (χ0) is 18.1. The van der Waals surface area contributed by atoms with Crippen molar-refractivity contribution < 1.29 is 4.57 Å². The van der Waals surface area contributed by atoms with Gasteiger partial charge >= 0.3 is 0 Å². The average molecular weight is 368 g/mol. The molecule has 26 heavy (non-hydrogen) atoms. The molecule has 1 aliphatic rings. The second-order valence-corrected chi connectivity index (χ2v) is 10.8. The molecule has 0 saturated carbocycles. The number of benzene rings is 2. The van der Waals surface area contributed by atoms with E-state index in [0.29, 0.717) is 6.29 Å². The van der Waals surface area contributed by atoms with Gasteiger partial charge in [0.05, 0.1) is 24.6 Å². The van der Waals surface area contributed by atoms with Gasteiger partial charge in [0, 0.05) is 31.6 Å². The highest BCUT2D eigenvalue weighted by Crippen LogP contribution is 2.37. The first-order valence-corrected chi connectivity index (χ1v) is 11.8. The van der Waals surface area contributed by atoms with E-state index >= 15 is 0 Å². The highest BCUT2D eigenvalue weighted by atomic mass is 31.2. The molecule has 1 aliphatic heterocycles. The molecule has 3 aromatic rings. The van der Waals surface area contributed by atoms with Gasteiger partial charge in [0.1, 0.15) is 0 Å². The molecule has 5 nitrogen and oxygen atoms in total. The fourth-order valence-corrected chi connectivity index (χ4v) is 4.88. The van der Waals surface area contributed by atoms with Gasteiger partial charge in [-0.25, -0.2) is 4.68 Å². The molecule has 1 saturated heterocycles. The van der Waals surface area contributed by atoms with Gasteiger partial charge in [0.25, 0.3) is 0 Å². The van der Waals surface area contributed by atoms with E-state index in [1.165, 1.54) is 5.39 Å². The van der Waals surface area contributed by atoms with E-state index in [4.69, 9.17) is 5.10 Å². The first kappa shape index (κ1) is 17.3. The number of fused-ring (bicyclic) bond motifs is 1. The Balaban J connectivity index is 1.63. The van der Waals surface area contributed by atoms with E-state index in [1.54, 1.807) is 0 Å². The number of rotatable bonds is 4. The van der Waals surface area contributed by atoms with Crippen molar-refractivity contribution in [3.8, 4) is 5.69 Å². The SMILES string of the molecule is CP(C)(=O)CN1CCN(c2nn(-c3ccccc3)c3ccccc23)CC1. The van der Waals surface area contributed by atoms with Crippen molar-refractivity contribution in [2.24, 2.45) is 0 Å². The van der Waals surface area contributed by atoms with Crippen molar-refractivity contribution in [3.63, 3.8) is 0 Å². The molecule has 1 aromatic heterocycles. The lowest BCUT2D eigenvalue weighted by Gasteiger charge is -2.35. The van der Waals surface area contributed by atoms with Crippen LogP contribution in [0.2, 0.25) is 0 Å². The summed E-state index contributed by atoms with van der Waals surface area (Å²) >= 11 is 0. The molecular formula is C20H25N4OP. The van der Waals surface area contributed by atoms with Gasteiger partial charge in [-0.1, -0.05) is 30.3 Å². The Morgan fingerprint density at radius 3 is 2.27 bits per heavy atom. The maximum atomic E-state index is 12.1. The molecule has 0 radical (unpaired) electrons. The van der Waals surface area contributed by atoms with Crippen LogP contribution >= 0.6 is 7.14 Å². The molecule has 2 aromatic carbocycles. The lowest BCUT2D eigenvalue weighted by atomic mass is 10.2. The molecule has 0 aliphatic carbocycles. The third kappa shape index (κ3) is 3.55. The predicted molar refractivity (Wildman–Crippen MR) is 109 cm³/mol. The molecule has 0 amide bonds. The second-order valence-electron chi connectivity index (χ2n) is 7.41. The summed E-state index contributed by atoms with van der Waals surface area (Å²) in [6.45, 7) is 7.42. The zero-order valence-corrected chi connectivity index (χ0v) is 16.3. The summed E-state index contributed by atoms with van der Waals surface area (Å²) in [7, 11) is -2.01. The van der Waals surface area contributed by atoms with Gasteiger partial charge < -0.3 is 9.46 Å². The standard InChI is InChI=1S/C20H25N4OP/c1-26(2,25)16-22-12-14-23(15-13-22)20-18-10-6-7-11-19(18)24(21-20)17-8-4-3-5-9-17/h3-11H,12-16H2,1-2H3. The van der Waals surface area contributed by atoms with E-state index in [0.717, 1.165) is 43.2 Å². The van der Waals surface area contributed by atoms with E-state index in [2.05, 4.69) is 46.2 Å². The first-order valence-electron chi connectivity index (χ1n) is 9.06. The van der Waals surface area contributed by atoms with Crippen molar-refractivity contribution in [3.05, 3.63) is 54.6 Å².